The van der Waals surface area contributed by atoms with Gasteiger partial charge in [0.1, 0.15) is 0 Å². The van der Waals surface area contributed by atoms with Crippen molar-refractivity contribution in [3.8, 4) is 0 Å². The van der Waals surface area contributed by atoms with E-state index in [1.165, 1.54) is 62.5 Å². The number of hydrogen-bond acceptors (Lipinski definition) is 1. The van der Waals surface area contributed by atoms with E-state index < -0.39 is 0 Å². The summed E-state index contributed by atoms with van der Waals surface area (Å²) in [4.78, 5) is 0. The third kappa shape index (κ3) is 2.77. The van der Waals surface area contributed by atoms with Crippen molar-refractivity contribution in [1.82, 2.24) is 0 Å². The molecule has 3 rings (SSSR count). The molecular weight excluding hydrogens is 254 g/mol. The Labute approximate surface area is 130 Å². The van der Waals surface area contributed by atoms with E-state index in [0.717, 1.165) is 6.54 Å². The summed E-state index contributed by atoms with van der Waals surface area (Å²) in [6.45, 7) is 5.34. The second-order valence-corrected chi connectivity index (χ2v) is 8.03. The first kappa shape index (κ1) is 15.1. The third-order valence-corrected chi connectivity index (χ3v) is 6.17. The number of benzene rings is 1. The SMILES string of the molecule is CC(C)c1ccc(C2(CN)CC3(CCCCCC3)C2)cc1. The molecule has 0 unspecified atom stereocenters. The first-order valence-corrected chi connectivity index (χ1v) is 8.90. The molecule has 0 aromatic heterocycles. The highest BCUT2D eigenvalue weighted by Crippen LogP contribution is 2.60. The van der Waals surface area contributed by atoms with Crippen LogP contribution in [0.4, 0.5) is 0 Å². The Morgan fingerprint density at radius 3 is 2.00 bits per heavy atom. The summed E-state index contributed by atoms with van der Waals surface area (Å²) in [7, 11) is 0. The Balaban J connectivity index is 1.76. The van der Waals surface area contributed by atoms with Gasteiger partial charge in [-0.15, -0.1) is 0 Å². The summed E-state index contributed by atoms with van der Waals surface area (Å²) >= 11 is 0. The Kier molecular flexibility index (Phi) is 4.14. The molecule has 1 heteroatoms. The van der Waals surface area contributed by atoms with E-state index in [4.69, 9.17) is 5.73 Å². The lowest BCUT2D eigenvalue weighted by molar-refractivity contribution is 0.0113. The maximum Gasteiger partial charge on any atom is 0.00861 e. The smallest absolute Gasteiger partial charge is 0.00861 e. The quantitative estimate of drug-likeness (QED) is 0.817. The van der Waals surface area contributed by atoms with Crippen molar-refractivity contribution >= 4 is 0 Å². The fourth-order valence-corrected chi connectivity index (χ4v) is 4.90. The van der Waals surface area contributed by atoms with E-state index in [1.54, 1.807) is 0 Å². The molecule has 2 aliphatic carbocycles. The molecule has 2 N–H and O–H groups in total. The zero-order valence-corrected chi connectivity index (χ0v) is 13.8. The second-order valence-electron chi connectivity index (χ2n) is 8.03. The van der Waals surface area contributed by atoms with Gasteiger partial charge in [-0.05, 0) is 48.1 Å². The standard InChI is InChI=1S/C20H31N/c1-16(2)17-7-9-18(10-8-17)20(15-21)13-19(14-20)11-5-3-4-6-12-19/h7-10,16H,3-6,11-15,21H2,1-2H3. The molecule has 0 radical (unpaired) electrons. The molecule has 0 heterocycles. The third-order valence-electron chi connectivity index (χ3n) is 6.17. The molecular formula is C20H31N. The molecule has 2 saturated carbocycles. The van der Waals surface area contributed by atoms with Crippen LogP contribution in [0.15, 0.2) is 24.3 Å². The molecule has 2 fully saturated rings. The fraction of sp³-hybridized carbons (Fsp3) is 0.700. The van der Waals surface area contributed by atoms with E-state index in [9.17, 15) is 0 Å². The van der Waals surface area contributed by atoms with Crippen LogP contribution in [0.2, 0.25) is 0 Å². The molecule has 21 heavy (non-hydrogen) atoms. The lowest BCUT2D eigenvalue weighted by Crippen LogP contribution is -2.53. The van der Waals surface area contributed by atoms with Crippen molar-refractivity contribution in [1.29, 1.82) is 0 Å². The van der Waals surface area contributed by atoms with Gasteiger partial charge in [0.2, 0.25) is 0 Å². The summed E-state index contributed by atoms with van der Waals surface area (Å²) < 4.78 is 0. The maximum absolute atomic E-state index is 6.23. The maximum atomic E-state index is 6.23. The van der Waals surface area contributed by atoms with Gasteiger partial charge in [-0.3, -0.25) is 0 Å². The molecule has 1 aromatic carbocycles. The van der Waals surface area contributed by atoms with Gasteiger partial charge in [-0.2, -0.15) is 0 Å². The van der Waals surface area contributed by atoms with Gasteiger partial charge in [0.25, 0.3) is 0 Å². The lowest BCUT2D eigenvalue weighted by atomic mass is 9.48. The Morgan fingerprint density at radius 2 is 1.52 bits per heavy atom. The van der Waals surface area contributed by atoms with Gasteiger partial charge < -0.3 is 5.73 Å². The molecule has 1 spiro atoms. The summed E-state index contributed by atoms with van der Waals surface area (Å²) in [6.07, 6.45) is 11.3. The van der Waals surface area contributed by atoms with Crippen molar-refractivity contribution < 1.29 is 0 Å². The molecule has 1 aromatic rings. The van der Waals surface area contributed by atoms with Crippen LogP contribution in [0, 0.1) is 5.41 Å². The molecule has 0 aliphatic heterocycles. The van der Waals surface area contributed by atoms with Crippen LogP contribution in [0.25, 0.3) is 0 Å². The predicted molar refractivity (Wildman–Crippen MR) is 90.6 cm³/mol. The Morgan fingerprint density at radius 1 is 0.952 bits per heavy atom. The predicted octanol–water partition coefficient (Wildman–Crippen LogP) is 5.14. The van der Waals surface area contributed by atoms with Crippen LogP contribution < -0.4 is 5.73 Å². The van der Waals surface area contributed by atoms with Gasteiger partial charge in [0.15, 0.2) is 0 Å². The summed E-state index contributed by atoms with van der Waals surface area (Å²) in [5.41, 5.74) is 10.1. The molecule has 116 valence electrons. The topological polar surface area (TPSA) is 26.0 Å². The minimum absolute atomic E-state index is 0.278. The monoisotopic (exact) mass is 285 g/mol. The first-order valence-electron chi connectivity index (χ1n) is 8.90. The summed E-state index contributed by atoms with van der Waals surface area (Å²) in [5, 5.41) is 0. The minimum atomic E-state index is 0.278. The first-order chi connectivity index (χ1) is 10.1. The van der Waals surface area contributed by atoms with Gasteiger partial charge in [0.05, 0.1) is 0 Å². The number of nitrogens with two attached hydrogens (primary N) is 1. The summed E-state index contributed by atoms with van der Waals surface area (Å²) in [6, 6.07) is 9.34. The molecule has 0 atom stereocenters. The van der Waals surface area contributed by atoms with Crippen molar-refractivity contribution in [2.75, 3.05) is 6.54 Å². The van der Waals surface area contributed by atoms with Crippen molar-refractivity contribution in [2.45, 2.75) is 76.5 Å². The number of rotatable bonds is 3. The molecule has 0 saturated heterocycles. The van der Waals surface area contributed by atoms with Crippen molar-refractivity contribution in [3.05, 3.63) is 35.4 Å². The average molecular weight is 285 g/mol. The lowest BCUT2D eigenvalue weighted by Gasteiger charge is -2.57. The molecule has 0 amide bonds. The highest BCUT2D eigenvalue weighted by atomic mass is 14.7. The molecule has 1 nitrogen and oxygen atoms in total. The van der Waals surface area contributed by atoms with E-state index >= 15 is 0 Å². The second kappa shape index (κ2) is 5.76. The largest absolute Gasteiger partial charge is 0.330 e. The van der Waals surface area contributed by atoms with E-state index in [0.29, 0.717) is 11.3 Å². The highest BCUT2D eigenvalue weighted by Gasteiger charge is 2.53. The van der Waals surface area contributed by atoms with Crippen LogP contribution in [-0.2, 0) is 5.41 Å². The highest BCUT2D eigenvalue weighted by molar-refractivity contribution is 5.34. The normalized spacial score (nSPS) is 23.8. The van der Waals surface area contributed by atoms with Gasteiger partial charge in [-0.1, -0.05) is 63.8 Å². The van der Waals surface area contributed by atoms with E-state index in [-0.39, 0.29) is 5.41 Å². The summed E-state index contributed by atoms with van der Waals surface area (Å²) in [5.74, 6) is 0.613. The van der Waals surface area contributed by atoms with Crippen LogP contribution >= 0.6 is 0 Å². The minimum Gasteiger partial charge on any atom is -0.330 e. The number of hydrogen-bond donors (Lipinski definition) is 1. The van der Waals surface area contributed by atoms with Gasteiger partial charge >= 0.3 is 0 Å². The Bertz CT molecular complexity index is 455. The fourth-order valence-electron chi connectivity index (χ4n) is 4.90. The van der Waals surface area contributed by atoms with Crippen LogP contribution in [0.3, 0.4) is 0 Å². The van der Waals surface area contributed by atoms with Crippen molar-refractivity contribution in [2.24, 2.45) is 11.1 Å². The average Bonchev–Trinajstić information content (AvgIpc) is 2.71. The van der Waals surface area contributed by atoms with Crippen molar-refractivity contribution in [3.63, 3.8) is 0 Å². The van der Waals surface area contributed by atoms with E-state index in [1.807, 2.05) is 0 Å². The van der Waals surface area contributed by atoms with Crippen LogP contribution in [-0.4, -0.2) is 6.54 Å². The molecule has 0 bridgehead atoms. The van der Waals surface area contributed by atoms with E-state index in [2.05, 4.69) is 38.1 Å². The zero-order chi connectivity index (χ0) is 14.9. The van der Waals surface area contributed by atoms with Gasteiger partial charge in [0, 0.05) is 12.0 Å². The molecule has 2 aliphatic rings. The Hall–Kier alpha value is -0.820. The van der Waals surface area contributed by atoms with Gasteiger partial charge in [-0.25, -0.2) is 0 Å². The van der Waals surface area contributed by atoms with Crippen LogP contribution in [0.5, 0.6) is 0 Å². The zero-order valence-electron chi connectivity index (χ0n) is 13.8. The van der Waals surface area contributed by atoms with Crippen LogP contribution in [0.1, 0.15) is 82.3 Å².